The SMILES string of the molecule is CC(c1c[nH]c2ccccc12)N1CCN(CCOc2ccc(C=C3SC(=O)NC3=O)cc2)CC1. The lowest BCUT2D eigenvalue weighted by Crippen LogP contribution is -2.48. The van der Waals surface area contributed by atoms with Crippen molar-refractivity contribution in [1.29, 1.82) is 0 Å². The first-order chi connectivity index (χ1) is 16.6. The quantitative estimate of drug-likeness (QED) is 0.497. The summed E-state index contributed by atoms with van der Waals surface area (Å²) in [5.74, 6) is 0.458. The number of carbonyl (C=O) groups excluding carboxylic acids is 2. The van der Waals surface area contributed by atoms with Crippen molar-refractivity contribution in [3.05, 3.63) is 70.8 Å². The summed E-state index contributed by atoms with van der Waals surface area (Å²) in [6, 6.07) is 16.5. The van der Waals surface area contributed by atoms with Crippen LogP contribution in [0.25, 0.3) is 17.0 Å². The number of amides is 2. The second-order valence-corrected chi connectivity index (χ2v) is 9.63. The van der Waals surface area contributed by atoms with E-state index >= 15 is 0 Å². The van der Waals surface area contributed by atoms with Gasteiger partial charge in [-0.25, -0.2) is 0 Å². The molecule has 34 heavy (non-hydrogen) atoms. The Balaban J connectivity index is 1.07. The predicted octanol–water partition coefficient (Wildman–Crippen LogP) is 4.25. The Morgan fingerprint density at radius 2 is 1.82 bits per heavy atom. The number of para-hydroxylation sites is 1. The number of hydrogen-bond donors (Lipinski definition) is 2. The van der Waals surface area contributed by atoms with Gasteiger partial charge in [0.25, 0.3) is 11.1 Å². The van der Waals surface area contributed by atoms with Gasteiger partial charge in [0.2, 0.25) is 0 Å². The highest BCUT2D eigenvalue weighted by atomic mass is 32.2. The highest BCUT2D eigenvalue weighted by Crippen LogP contribution is 2.29. The summed E-state index contributed by atoms with van der Waals surface area (Å²) >= 11 is 0.923. The molecule has 0 radical (unpaired) electrons. The van der Waals surface area contributed by atoms with Gasteiger partial charge < -0.3 is 9.72 Å². The average Bonchev–Trinajstić information content (AvgIpc) is 3.42. The predicted molar refractivity (Wildman–Crippen MR) is 136 cm³/mol. The monoisotopic (exact) mass is 476 g/mol. The minimum Gasteiger partial charge on any atom is -0.492 e. The number of rotatable bonds is 7. The lowest BCUT2D eigenvalue weighted by Gasteiger charge is -2.38. The third-order valence-electron chi connectivity index (χ3n) is 6.52. The highest BCUT2D eigenvalue weighted by molar-refractivity contribution is 8.18. The summed E-state index contributed by atoms with van der Waals surface area (Å²) in [4.78, 5) is 31.7. The van der Waals surface area contributed by atoms with Crippen molar-refractivity contribution in [2.45, 2.75) is 13.0 Å². The van der Waals surface area contributed by atoms with Gasteiger partial charge in [0, 0.05) is 55.9 Å². The van der Waals surface area contributed by atoms with E-state index in [9.17, 15) is 9.59 Å². The van der Waals surface area contributed by atoms with Crippen molar-refractivity contribution in [3.8, 4) is 5.75 Å². The average molecular weight is 477 g/mol. The van der Waals surface area contributed by atoms with Crippen LogP contribution in [0.2, 0.25) is 0 Å². The van der Waals surface area contributed by atoms with Gasteiger partial charge in [-0.3, -0.25) is 24.7 Å². The minimum absolute atomic E-state index is 0.329. The molecule has 2 amide bonds. The molecule has 3 heterocycles. The Morgan fingerprint density at radius 3 is 2.56 bits per heavy atom. The van der Waals surface area contributed by atoms with E-state index in [0.717, 1.165) is 55.8 Å². The summed E-state index contributed by atoms with van der Waals surface area (Å²) in [6.45, 7) is 7.95. The maximum Gasteiger partial charge on any atom is 0.290 e. The van der Waals surface area contributed by atoms with Crippen molar-refractivity contribution >= 4 is 39.9 Å². The molecule has 2 fully saturated rings. The number of nitrogens with zero attached hydrogens (tertiary/aromatic N) is 2. The van der Waals surface area contributed by atoms with Crippen LogP contribution in [0.1, 0.15) is 24.1 Å². The summed E-state index contributed by atoms with van der Waals surface area (Å²) < 4.78 is 5.93. The van der Waals surface area contributed by atoms with E-state index in [1.807, 2.05) is 24.3 Å². The molecule has 0 saturated carbocycles. The number of H-pyrrole nitrogens is 1. The molecule has 2 aliphatic rings. The first kappa shape index (κ1) is 22.7. The molecule has 0 spiro atoms. The normalized spacial score (nSPS) is 19.6. The molecule has 2 aliphatic heterocycles. The van der Waals surface area contributed by atoms with Crippen LogP contribution in [0.4, 0.5) is 4.79 Å². The Labute approximate surface area is 203 Å². The van der Waals surface area contributed by atoms with Gasteiger partial charge in [0.05, 0.1) is 4.91 Å². The van der Waals surface area contributed by atoms with Crippen molar-refractivity contribution in [2.24, 2.45) is 0 Å². The minimum atomic E-state index is -0.341. The molecule has 2 N–H and O–H groups in total. The smallest absolute Gasteiger partial charge is 0.290 e. The molecule has 1 atom stereocenters. The fourth-order valence-electron chi connectivity index (χ4n) is 4.54. The van der Waals surface area contributed by atoms with Gasteiger partial charge in [-0.2, -0.15) is 0 Å². The van der Waals surface area contributed by atoms with Crippen LogP contribution >= 0.6 is 11.8 Å². The van der Waals surface area contributed by atoms with E-state index in [0.29, 0.717) is 17.6 Å². The lowest BCUT2D eigenvalue weighted by atomic mass is 10.1. The number of piperazine rings is 1. The zero-order valence-electron chi connectivity index (χ0n) is 19.1. The Bertz CT molecular complexity index is 1210. The number of imide groups is 1. The summed E-state index contributed by atoms with van der Waals surface area (Å²) in [6.07, 6.45) is 3.86. The zero-order valence-corrected chi connectivity index (χ0v) is 19.9. The van der Waals surface area contributed by atoms with Crippen LogP contribution in [0.15, 0.2) is 59.6 Å². The molecular formula is C26H28N4O3S. The topological polar surface area (TPSA) is 77.7 Å². The molecule has 7 nitrogen and oxygen atoms in total. The number of fused-ring (bicyclic) bond motifs is 1. The van der Waals surface area contributed by atoms with Crippen molar-refractivity contribution < 1.29 is 14.3 Å². The fraction of sp³-hybridized carbons (Fsp3) is 0.308. The van der Waals surface area contributed by atoms with Crippen LogP contribution in [-0.4, -0.2) is 65.3 Å². The van der Waals surface area contributed by atoms with Crippen molar-refractivity contribution in [1.82, 2.24) is 20.1 Å². The number of carbonyl (C=O) groups is 2. The number of benzene rings is 2. The van der Waals surface area contributed by atoms with Crippen LogP contribution in [0.3, 0.4) is 0 Å². The maximum absolute atomic E-state index is 11.7. The second-order valence-electron chi connectivity index (χ2n) is 8.61. The van der Waals surface area contributed by atoms with Crippen LogP contribution < -0.4 is 10.1 Å². The van der Waals surface area contributed by atoms with Gasteiger partial charge in [0.1, 0.15) is 12.4 Å². The largest absolute Gasteiger partial charge is 0.492 e. The highest BCUT2D eigenvalue weighted by Gasteiger charge is 2.25. The van der Waals surface area contributed by atoms with Gasteiger partial charge in [-0.05, 0) is 54.1 Å². The van der Waals surface area contributed by atoms with Crippen LogP contribution in [-0.2, 0) is 4.79 Å². The molecule has 8 heteroatoms. The Kier molecular flexibility index (Phi) is 6.71. The number of aromatic nitrogens is 1. The van der Waals surface area contributed by atoms with E-state index in [2.05, 4.69) is 57.5 Å². The molecule has 2 aromatic carbocycles. The lowest BCUT2D eigenvalue weighted by molar-refractivity contribution is -0.115. The third kappa shape index (κ3) is 5.04. The first-order valence-corrected chi connectivity index (χ1v) is 12.4. The summed E-state index contributed by atoms with van der Waals surface area (Å²) in [5, 5.41) is 3.25. The first-order valence-electron chi connectivity index (χ1n) is 11.6. The Hall–Kier alpha value is -3.07. The van der Waals surface area contributed by atoms with E-state index in [4.69, 9.17) is 4.74 Å². The molecule has 3 aromatic rings. The summed E-state index contributed by atoms with van der Waals surface area (Å²) in [5.41, 5.74) is 3.42. The van der Waals surface area contributed by atoms with E-state index in [1.165, 1.54) is 16.5 Å². The zero-order chi connectivity index (χ0) is 23.5. The van der Waals surface area contributed by atoms with Crippen molar-refractivity contribution in [3.63, 3.8) is 0 Å². The molecular weight excluding hydrogens is 448 g/mol. The van der Waals surface area contributed by atoms with Gasteiger partial charge >= 0.3 is 0 Å². The van der Waals surface area contributed by atoms with E-state index in [1.54, 1.807) is 6.08 Å². The number of thioether (sulfide) groups is 1. The second kappa shape index (κ2) is 10.0. The van der Waals surface area contributed by atoms with Gasteiger partial charge in [0.15, 0.2) is 0 Å². The maximum atomic E-state index is 11.7. The van der Waals surface area contributed by atoms with Crippen LogP contribution in [0, 0.1) is 0 Å². The van der Waals surface area contributed by atoms with E-state index in [-0.39, 0.29) is 11.1 Å². The van der Waals surface area contributed by atoms with Gasteiger partial charge in [-0.15, -0.1) is 0 Å². The number of ether oxygens (including phenoxy) is 1. The molecule has 1 aromatic heterocycles. The Morgan fingerprint density at radius 1 is 1.06 bits per heavy atom. The van der Waals surface area contributed by atoms with Gasteiger partial charge in [-0.1, -0.05) is 30.3 Å². The molecule has 2 saturated heterocycles. The summed E-state index contributed by atoms with van der Waals surface area (Å²) in [7, 11) is 0. The third-order valence-corrected chi connectivity index (χ3v) is 7.33. The fourth-order valence-corrected chi connectivity index (χ4v) is 5.22. The number of hydrogen-bond acceptors (Lipinski definition) is 6. The number of aromatic amines is 1. The standard InChI is InChI=1S/C26H28N4O3S/c1-18(22-17-27-23-5-3-2-4-21(22)23)30-12-10-29(11-13-30)14-15-33-20-8-6-19(7-9-20)16-24-25(31)28-26(32)34-24/h2-9,16-18,27H,10-15H2,1H3,(H,28,31,32). The molecule has 1 unspecified atom stereocenters. The molecule has 5 rings (SSSR count). The van der Waals surface area contributed by atoms with E-state index < -0.39 is 0 Å². The molecule has 176 valence electrons. The van der Waals surface area contributed by atoms with Crippen LogP contribution in [0.5, 0.6) is 5.75 Å². The van der Waals surface area contributed by atoms with Crippen molar-refractivity contribution in [2.75, 3.05) is 39.3 Å². The molecule has 0 aliphatic carbocycles. The molecule has 0 bridgehead atoms. The number of nitrogens with one attached hydrogen (secondary N) is 2.